The monoisotopic (exact) mass is 362 g/mol. The van der Waals surface area contributed by atoms with Crippen LogP contribution in [0, 0.1) is 5.82 Å². The highest BCUT2D eigenvalue weighted by Crippen LogP contribution is 2.47. The number of guanidine groups is 1. The van der Waals surface area contributed by atoms with Crippen molar-refractivity contribution in [3.05, 3.63) is 77.7 Å². The molecular weight excluding hydrogens is 339 g/mol. The minimum absolute atomic E-state index is 0.0169. The van der Waals surface area contributed by atoms with E-state index in [1.165, 1.54) is 11.6 Å². The second-order valence-corrected chi connectivity index (χ2v) is 7.06. The summed E-state index contributed by atoms with van der Waals surface area (Å²) in [7, 11) is 1.77. The highest BCUT2D eigenvalue weighted by atomic mass is 19.1. The highest BCUT2D eigenvalue weighted by Gasteiger charge is 2.44. The SMILES string of the molecule is CN=C(NCc1ccnc2ccccc12)NCC1(c2cccc(F)c2)CC1. The van der Waals surface area contributed by atoms with Crippen molar-refractivity contribution in [1.82, 2.24) is 15.6 Å². The number of halogens is 1. The first-order valence-electron chi connectivity index (χ1n) is 9.23. The number of aliphatic imine (C=N–C) groups is 1. The summed E-state index contributed by atoms with van der Waals surface area (Å²) >= 11 is 0. The molecule has 0 spiro atoms. The van der Waals surface area contributed by atoms with Crippen LogP contribution in [0.3, 0.4) is 0 Å². The van der Waals surface area contributed by atoms with E-state index >= 15 is 0 Å². The molecule has 1 heterocycles. The zero-order valence-corrected chi connectivity index (χ0v) is 15.4. The number of hydrogen-bond donors (Lipinski definition) is 2. The zero-order chi connectivity index (χ0) is 18.7. The summed E-state index contributed by atoms with van der Waals surface area (Å²) in [5, 5.41) is 7.93. The van der Waals surface area contributed by atoms with Crippen LogP contribution in [-0.4, -0.2) is 24.5 Å². The molecule has 0 unspecified atom stereocenters. The molecule has 0 saturated heterocycles. The molecule has 3 aromatic rings. The van der Waals surface area contributed by atoms with Crippen LogP contribution in [0.1, 0.15) is 24.0 Å². The number of rotatable bonds is 5. The van der Waals surface area contributed by atoms with E-state index in [-0.39, 0.29) is 11.2 Å². The number of hydrogen-bond acceptors (Lipinski definition) is 2. The van der Waals surface area contributed by atoms with Gasteiger partial charge in [0.15, 0.2) is 5.96 Å². The van der Waals surface area contributed by atoms with Crippen molar-refractivity contribution in [2.45, 2.75) is 24.8 Å². The zero-order valence-electron chi connectivity index (χ0n) is 15.4. The van der Waals surface area contributed by atoms with Crippen molar-refractivity contribution in [3.8, 4) is 0 Å². The summed E-state index contributed by atoms with van der Waals surface area (Å²) < 4.78 is 13.6. The number of aromatic nitrogens is 1. The van der Waals surface area contributed by atoms with Crippen LogP contribution in [0.2, 0.25) is 0 Å². The smallest absolute Gasteiger partial charge is 0.191 e. The quantitative estimate of drug-likeness (QED) is 0.537. The minimum Gasteiger partial charge on any atom is -0.356 e. The molecule has 5 heteroatoms. The molecule has 1 saturated carbocycles. The highest BCUT2D eigenvalue weighted by molar-refractivity contribution is 5.83. The standard InChI is InChI=1S/C22H23FN4/c1-24-21(26-14-16-9-12-25-20-8-3-2-7-19(16)20)27-15-22(10-11-22)17-5-4-6-18(23)13-17/h2-9,12-13H,10-11,14-15H2,1H3,(H2,24,26,27). The summed E-state index contributed by atoms with van der Waals surface area (Å²) in [5.74, 6) is 0.574. The Hall–Kier alpha value is -2.95. The van der Waals surface area contributed by atoms with Crippen LogP contribution in [0.4, 0.5) is 4.39 Å². The third kappa shape index (κ3) is 3.77. The number of benzene rings is 2. The number of nitrogens with zero attached hydrogens (tertiary/aromatic N) is 2. The summed E-state index contributed by atoms with van der Waals surface area (Å²) in [5.41, 5.74) is 3.24. The number of fused-ring (bicyclic) bond motifs is 1. The molecule has 0 amide bonds. The molecule has 1 aromatic heterocycles. The van der Waals surface area contributed by atoms with Gasteiger partial charge in [-0.15, -0.1) is 0 Å². The molecule has 0 radical (unpaired) electrons. The maximum absolute atomic E-state index is 13.6. The van der Waals surface area contributed by atoms with Gasteiger partial charge in [-0.3, -0.25) is 9.98 Å². The van der Waals surface area contributed by atoms with Gasteiger partial charge in [0.2, 0.25) is 0 Å². The Morgan fingerprint density at radius 2 is 1.96 bits per heavy atom. The fraction of sp³-hybridized carbons (Fsp3) is 0.273. The molecular formula is C22H23FN4. The average Bonchev–Trinajstić information content (AvgIpc) is 3.49. The lowest BCUT2D eigenvalue weighted by Gasteiger charge is -2.19. The Balaban J connectivity index is 1.40. The van der Waals surface area contributed by atoms with Gasteiger partial charge in [-0.25, -0.2) is 4.39 Å². The van der Waals surface area contributed by atoms with Gasteiger partial charge in [0.25, 0.3) is 0 Å². The van der Waals surface area contributed by atoms with Gasteiger partial charge in [0.1, 0.15) is 5.82 Å². The van der Waals surface area contributed by atoms with Gasteiger partial charge in [0.05, 0.1) is 5.52 Å². The molecule has 4 nitrogen and oxygen atoms in total. The van der Waals surface area contributed by atoms with E-state index in [0.717, 1.165) is 41.8 Å². The second-order valence-electron chi connectivity index (χ2n) is 7.06. The molecule has 0 bridgehead atoms. The fourth-order valence-electron chi connectivity index (χ4n) is 3.50. The molecule has 1 aliphatic carbocycles. The molecule has 2 aromatic carbocycles. The van der Waals surface area contributed by atoms with E-state index < -0.39 is 0 Å². The van der Waals surface area contributed by atoms with E-state index in [4.69, 9.17) is 0 Å². The number of para-hydroxylation sites is 1. The first-order chi connectivity index (χ1) is 13.2. The Morgan fingerprint density at radius 1 is 1.11 bits per heavy atom. The van der Waals surface area contributed by atoms with Gasteiger partial charge >= 0.3 is 0 Å². The normalized spacial score (nSPS) is 15.6. The summed E-state index contributed by atoms with van der Waals surface area (Å²) in [6.45, 7) is 1.41. The number of pyridine rings is 1. The largest absolute Gasteiger partial charge is 0.356 e. The molecule has 138 valence electrons. The maximum Gasteiger partial charge on any atom is 0.191 e. The lowest BCUT2D eigenvalue weighted by atomic mass is 9.96. The van der Waals surface area contributed by atoms with Crippen molar-refractivity contribution < 1.29 is 4.39 Å². The lowest BCUT2D eigenvalue weighted by molar-refractivity contribution is 0.607. The summed E-state index contributed by atoms with van der Waals surface area (Å²) in [4.78, 5) is 8.73. The van der Waals surface area contributed by atoms with Gasteiger partial charge < -0.3 is 10.6 Å². The second kappa shape index (κ2) is 7.35. The molecule has 0 aliphatic heterocycles. The van der Waals surface area contributed by atoms with Crippen LogP contribution in [0.5, 0.6) is 0 Å². The minimum atomic E-state index is -0.175. The molecule has 1 fully saturated rings. The van der Waals surface area contributed by atoms with Crippen LogP contribution in [0.25, 0.3) is 10.9 Å². The first-order valence-corrected chi connectivity index (χ1v) is 9.23. The summed E-state index contributed by atoms with van der Waals surface area (Å²) in [6, 6.07) is 17.1. The maximum atomic E-state index is 13.6. The molecule has 4 rings (SSSR count). The number of nitrogens with one attached hydrogen (secondary N) is 2. The van der Waals surface area contributed by atoms with Crippen molar-refractivity contribution in [3.63, 3.8) is 0 Å². The van der Waals surface area contributed by atoms with E-state index in [1.807, 2.05) is 36.5 Å². The van der Waals surface area contributed by atoms with Crippen LogP contribution >= 0.6 is 0 Å². The van der Waals surface area contributed by atoms with E-state index in [2.05, 4.69) is 26.7 Å². The van der Waals surface area contributed by atoms with Crippen LogP contribution in [0.15, 0.2) is 65.8 Å². The van der Waals surface area contributed by atoms with E-state index in [1.54, 1.807) is 19.2 Å². The first kappa shape index (κ1) is 17.5. The Kier molecular flexibility index (Phi) is 4.75. The van der Waals surface area contributed by atoms with Gasteiger partial charge in [0, 0.05) is 37.1 Å². The molecule has 2 N–H and O–H groups in total. The Morgan fingerprint density at radius 3 is 2.74 bits per heavy atom. The molecule has 27 heavy (non-hydrogen) atoms. The average molecular weight is 362 g/mol. The van der Waals surface area contributed by atoms with Crippen molar-refractivity contribution in [1.29, 1.82) is 0 Å². The predicted molar refractivity (Wildman–Crippen MR) is 107 cm³/mol. The van der Waals surface area contributed by atoms with E-state index in [0.29, 0.717) is 6.54 Å². The third-order valence-electron chi connectivity index (χ3n) is 5.29. The van der Waals surface area contributed by atoms with Crippen LogP contribution in [-0.2, 0) is 12.0 Å². The van der Waals surface area contributed by atoms with Gasteiger partial charge in [-0.05, 0) is 48.2 Å². The summed E-state index contributed by atoms with van der Waals surface area (Å²) in [6.07, 6.45) is 3.96. The van der Waals surface area contributed by atoms with E-state index in [9.17, 15) is 4.39 Å². The lowest BCUT2D eigenvalue weighted by Crippen LogP contribution is -2.40. The van der Waals surface area contributed by atoms with Gasteiger partial charge in [-0.2, -0.15) is 0 Å². The van der Waals surface area contributed by atoms with Crippen molar-refractivity contribution >= 4 is 16.9 Å². The third-order valence-corrected chi connectivity index (χ3v) is 5.29. The predicted octanol–water partition coefficient (Wildman–Crippen LogP) is 3.77. The van der Waals surface area contributed by atoms with Crippen molar-refractivity contribution in [2.75, 3.05) is 13.6 Å². The van der Waals surface area contributed by atoms with Crippen molar-refractivity contribution in [2.24, 2.45) is 4.99 Å². The fourth-order valence-corrected chi connectivity index (χ4v) is 3.50. The Labute approximate surface area is 158 Å². The Bertz CT molecular complexity index is 973. The molecule has 0 atom stereocenters. The topological polar surface area (TPSA) is 49.3 Å². The van der Waals surface area contributed by atoms with Gasteiger partial charge in [-0.1, -0.05) is 30.3 Å². The van der Waals surface area contributed by atoms with Crippen LogP contribution < -0.4 is 10.6 Å². The molecule has 1 aliphatic rings.